The predicted molar refractivity (Wildman–Crippen MR) is 122 cm³/mol. The van der Waals surface area contributed by atoms with Gasteiger partial charge < -0.3 is 10.6 Å². The number of nitrogens with zero attached hydrogens (tertiary/aromatic N) is 2. The molecule has 0 bridgehead atoms. The number of fused-ring (bicyclic) bond motifs is 1. The summed E-state index contributed by atoms with van der Waals surface area (Å²) in [5, 5.41) is 10.5. The predicted octanol–water partition coefficient (Wildman–Crippen LogP) is 5.14. The number of thiophene rings is 1. The fourth-order valence-corrected chi connectivity index (χ4v) is 5.87. The first-order valence-corrected chi connectivity index (χ1v) is 11.9. The highest BCUT2D eigenvalue weighted by atomic mass is 32.1. The summed E-state index contributed by atoms with van der Waals surface area (Å²) < 4.78 is 0. The van der Waals surface area contributed by atoms with Gasteiger partial charge in [0.1, 0.15) is 10.0 Å². The van der Waals surface area contributed by atoms with Gasteiger partial charge in [-0.15, -0.1) is 22.7 Å². The zero-order chi connectivity index (χ0) is 20.2. The van der Waals surface area contributed by atoms with Crippen molar-refractivity contribution in [3.8, 4) is 21.8 Å². The van der Waals surface area contributed by atoms with E-state index in [2.05, 4.69) is 34.8 Å². The van der Waals surface area contributed by atoms with Crippen LogP contribution in [-0.4, -0.2) is 28.5 Å². The average Bonchev–Trinajstić information content (AvgIpc) is 3.32. The minimum Gasteiger partial charge on any atom is -0.317 e. The number of anilines is 1. The van der Waals surface area contributed by atoms with Crippen LogP contribution in [0.1, 0.15) is 43.6 Å². The Morgan fingerprint density at radius 2 is 2.00 bits per heavy atom. The number of rotatable bonds is 7. The molecule has 0 saturated carbocycles. The minimum absolute atomic E-state index is 0.0592. The Bertz CT molecular complexity index is 978. The summed E-state index contributed by atoms with van der Waals surface area (Å²) in [6.07, 6.45) is 8.63. The monoisotopic (exact) mass is 426 g/mol. The molecule has 3 aromatic heterocycles. The van der Waals surface area contributed by atoms with Crippen LogP contribution in [0.15, 0.2) is 29.9 Å². The van der Waals surface area contributed by atoms with Crippen molar-refractivity contribution in [1.29, 1.82) is 0 Å². The molecule has 0 fully saturated rings. The molecule has 0 radical (unpaired) electrons. The second-order valence-corrected chi connectivity index (χ2v) is 9.56. The van der Waals surface area contributed by atoms with Crippen molar-refractivity contribution in [1.82, 2.24) is 15.3 Å². The lowest BCUT2D eigenvalue weighted by Gasteiger charge is -2.12. The van der Waals surface area contributed by atoms with Crippen molar-refractivity contribution in [2.45, 2.75) is 52.0 Å². The molecule has 0 aromatic carbocycles. The molecule has 29 heavy (non-hydrogen) atoms. The molecule has 3 aromatic rings. The summed E-state index contributed by atoms with van der Waals surface area (Å²) >= 11 is 3.38. The van der Waals surface area contributed by atoms with Gasteiger partial charge in [-0.1, -0.05) is 13.8 Å². The lowest BCUT2D eigenvalue weighted by Crippen LogP contribution is -2.27. The van der Waals surface area contributed by atoms with Crippen LogP contribution in [0.25, 0.3) is 21.8 Å². The van der Waals surface area contributed by atoms with E-state index < -0.39 is 0 Å². The highest BCUT2D eigenvalue weighted by Crippen LogP contribution is 2.45. The number of aryl methyl sites for hydroxylation is 1. The minimum atomic E-state index is 0.0592. The highest BCUT2D eigenvalue weighted by molar-refractivity contribution is 7.18. The Kier molecular flexibility index (Phi) is 6.37. The smallest absolute Gasteiger partial charge is 0.226 e. The fraction of sp³-hybridized carbons (Fsp3) is 0.409. The molecule has 5 nitrogen and oxygen atoms in total. The number of nitrogens with one attached hydrogen (secondary N) is 2. The van der Waals surface area contributed by atoms with E-state index in [1.165, 1.54) is 23.3 Å². The molecule has 1 aliphatic rings. The number of pyridine rings is 1. The Hall–Kier alpha value is -2.09. The van der Waals surface area contributed by atoms with Crippen molar-refractivity contribution in [3.05, 3.63) is 40.3 Å². The Balaban J connectivity index is 1.61. The van der Waals surface area contributed by atoms with E-state index in [-0.39, 0.29) is 5.91 Å². The van der Waals surface area contributed by atoms with Crippen LogP contribution in [-0.2, 0) is 17.6 Å². The molecule has 0 atom stereocenters. The van der Waals surface area contributed by atoms with E-state index in [1.807, 2.05) is 12.1 Å². The van der Waals surface area contributed by atoms with Crippen molar-refractivity contribution < 1.29 is 4.79 Å². The van der Waals surface area contributed by atoms with Crippen molar-refractivity contribution in [3.63, 3.8) is 0 Å². The molecule has 1 aliphatic carbocycles. The molecule has 2 N–H and O–H groups in total. The maximum Gasteiger partial charge on any atom is 0.226 e. The molecule has 152 valence electrons. The molecule has 0 unspecified atom stereocenters. The average molecular weight is 427 g/mol. The van der Waals surface area contributed by atoms with E-state index in [4.69, 9.17) is 4.98 Å². The Morgan fingerprint density at radius 1 is 1.21 bits per heavy atom. The largest absolute Gasteiger partial charge is 0.317 e. The maximum absolute atomic E-state index is 12.5. The van der Waals surface area contributed by atoms with Crippen molar-refractivity contribution in [2.24, 2.45) is 0 Å². The van der Waals surface area contributed by atoms with E-state index in [9.17, 15) is 4.79 Å². The number of thiazole rings is 1. The number of hydrogen-bond donors (Lipinski definition) is 2. The first kappa shape index (κ1) is 20.2. The molecule has 4 rings (SSSR count). The summed E-state index contributed by atoms with van der Waals surface area (Å²) in [7, 11) is 0. The number of carbonyl (C=O) groups is 1. The van der Waals surface area contributed by atoms with Gasteiger partial charge in [-0.05, 0) is 43.4 Å². The van der Waals surface area contributed by atoms with Crippen LogP contribution in [0.2, 0.25) is 0 Å². The summed E-state index contributed by atoms with van der Waals surface area (Å²) in [6, 6.07) is 4.34. The van der Waals surface area contributed by atoms with Gasteiger partial charge in [-0.25, -0.2) is 4.98 Å². The molecular weight excluding hydrogens is 400 g/mol. The third-order valence-electron chi connectivity index (χ3n) is 5.02. The topological polar surface area (TPSA) is 66.9 Å². The molecule has 0 spiro atoms. The van der Waals surface area contributed by atoms with E-state index in [1.54, 1.807) is 35.1 Å². The zero-order valence-electron chi connectivity index (χ0n) is 16.8. The van der Waals surface area contributed by atoms with E-state index in [0.717, 1.165) is 39.7 Å². The first-order valence-electron chi connectivity index (χ1n) is 10.2. The summed E-state index contributed by atoms with van der Waals surface area (Å²) in [6.45, 7) is 4.87. The van der Waals surface area contributed by atoms with Crippen molar-refractivity contribution >= 4 is 33.6 Å². The third-order valence-corrected chi connectivity index (χ3v) is 7.09. The second kappa shape index (κ2) is 9.15. The molecule has 3 heterocycles. The molecule has 0 saturated heterocycles. The summed E-state index contributed by atoms with van der Waals surface area (Å²) in [5.41, 5.74) is 4.55. The Morgan fingerprint density at radius 3 is 2.79 bits per heavy atom. The maximum atomic E-state index is 12.5. The molecule has 0 aliphatic heterocycles. The van der Waals surface area contributed by atoms with Gasteiger partial charge in [0.25, 0.3) is 0 Å². The quantitative estimate of drug-likeness (QED) is 0.549. The van der Waals surface area contributed by atoms with Crippen LogP contribution in [0.3, 0.4) is 0 Å². The molecular formula is C22H26N4OS2. The molecule has 1 amide bonds. The van der Waals surface area contributed by atoms with Crippen LogP contribution in [0.5, 0.6) is 0 Å². The van der Waals surface area contributed by atoms with Crippen molar-refractivity contribution in [2.75, 3.05) is 11.9 Å². The standard InChI is InChI=1S/C22H26N4OS2/c1-14(2)24-12-9-19(27)26-22-20(16-5-3-4-6-18(16)29-22)21-25-17(13-28-21)15-7-10-23-11-8-15/h7-8,10-11,13-14,24H,3-6,9,12H2,1-2H3,(H,26,27). The van der Waals surface area contributed by atoms with Crippen LogP contribution in [0, 0.1) is 0 Å². The zero-order valence-corrected chi connectivity index (χ0v) is 18.5. The lowest BCUT2D eigenvalue weighted by atomic mass is 9.95. The van der Waals surface area contributed by atoms with E-state index >= 15 is 0 Å². The normalized spacial score (nSPS) is 13.5. The Labute approximate surface area is 179 Å². The number of carbonyl (C=O) groups excluding carboxylic acids is 1. The van der Waals surface area contributed by atoms with Gasteiger partial charge in [0.05, 0.1) is 5.69 Å². The van der Waals surface area contributed by atoms with Gasteiger partial charge in [-0.3, -0.25) is 9.78 Å². The third kappa shape index (κ3) is 4.74. The SMILES string of the molecule is CC(C)NCCC(=O)Nc1sc2c(c1-c1nc(-c3ccncc3)cs1)CCCC2. The van der Waals surface area contributed by atoms with E-state index in [0.29, 0.717) is 19.0 Å². The first-order chi connectivity index (χ1) is 14.1. The molecule has 7 heteroatoms. The summed E-state index contributed by atoms with van der Waals surface area (Å²) in [4.78, 5) is 23.0. The number of aromatic nitrogens is 2. The number of amides is 1. The van der Waals surface area contributed by atoms with Gasteiger partial charge in [0, 0.05) is 52.8 Å². The van der Waals surface area contributed by atoms with Gasteiger partial charge >= 0.3 is 0 Å². The summed E-state index contributed by atoms with van der Waals surface area (Å²) in [5.74, 6) is 0.0592. The van der Waals surface area contributed by atoms with Gasteiger partial charge in [0.2, 0.25) is 5.91 Å². The lowest BCUT2D eigenvalue weighted by molar-refractivity contribution is -0.116. The second-order valence-electron chi connectivity index (χ2n) is 7.60. The van der Waals surface area contributed by atoms with Crippen LogP contribution in [0.4, 0.5) is 5.00 Å². The van der Waals surface area contributed by atoms with Crippen LogP contribution >= 0.6 is 22.7 Å². The van der Waals surface area contributed by atoms with Gasteiger partial charge in [0.15, 0.2) is 0 Å². The fourth-order valence-electron chi connectivity index (χ4n) is 3.59. The number of hydrogen-bond acceptors (Lipinski definition) is 6. The van der Waals surface area contributed by atoms with Crippen LogP contribution < -0.4 is 10.6 Å². The highest BCUT2D eigenvalue weighted by Gasteiger charge is 2.25. The van der Waals surface area contributed by atoms with Gasteiger partial charge in [-0.2, -0.15) is 0 Å².